The summed E-state index contributed by atoms with van der Waals surface area (Å²) >= 11 is 0. The topological polar surface area (TPSA) is 59.3 Å². The summed E-state index contributed by atoms with van der Waals surface area (Å²) in [6.45, 7) is 7.03. The van der Waals surface area contributed by atoms with Crippen molar-refractivity contribution in [2.75, 3.05) is 13.7 Å². The first-order chi connectivity index (χ1) is 9.45. The lowest BCUT2D eigenvalue weighted by molar-refractivity contribution is 0.0212. The lowest BCUT2D eigenvalue weighted by atomic mass is 9.89. The summed E-state index contributed by atoms with van der Waals surface area (Å²) in [5.74, 6) is 0.666. The Balaban J connectivity index is 2.24. The van der Waals surface area contributed by atoms with Crippen LogP contribution < -0.4 is 10.1 Å². The van der Waals surface area contributed by atoms with Crippen LogP contribution in [0.2, 0.25) is 0 Å². The van der Waals surface area contributed by atoms with Gasteiger partial charge in [-0.1, -0.05) is 6.42 Å². The maximum absolute atomic E-state index is 11.0. The van der Waals surface area contributed by atoms with Gasteiger partial charge >= 0.3 is 0 Å². The number of aromatic nitrogens is 2. The van der Waals surface area contributed by atoms with Gasteiger partial charge < -0.3 is 15.2 Å². The minimum absolute atomic E-state index is 0.194. The molecule has 0 amide bonds. The number of aliphatic hydroxyl groups is 1. The van der Waals surface area contributed by atoms with Crippen LogP contribution >= 0.6 is 0 Å². The highest BCUT2D eigenvalue weighted by Gasteiger charge is 2.35. The Morgan fingerprint density at radius 3 is 2.85 bits per heavy atom. The van der Waals surface area contributed by atoms with Gasteiger partial charge in [0.15, 0.2) is 5.75 Å². The summed E-state index contributed by atoms with van der Waals surface area (Å²) < 4.78 is 7.25. The minimum atomic E-state index is -0.943. The first-order valence-corrected chi connectivity index (χ1v) is 7.53. The first kappa shape index (κ1) is 15.3. The van der Waals surface area contributed by atoms with Crippen molar-refractivity contribution in [1.82, 2.24) is 15.1 Å². The molecule has 0 bridgehead atoms. The zero-order valence-corrected chi connectivity index (χ0v) is 13.0. The van der Waals surface area contributed by atoms with E-state index in [9.17, 15) is 5.11 Å². The minimum Gasteiger partial charge on any atom is -0.493 e. The second-order valence-electron chi connectivity index (χ2n) is 6.22. The Hall–Kier alpha value is -1.07. The second-order valence-corrected chi connectivity index (χ2v) is 6.22. The molecule has 1 aromatic rings. The predicted octanol–water partition coefficient (Wildman–Crippen LogP) is 2.21. The summed E-state index contributed by atoms with van der Waals surface area (Å²) in [4.78, 5) is 0. The van der Waals surface area contributed by atoms with Gasteiger partial charge in [0.1, 0.15) is 11.3 Å². The van der Waals surface area contributed by atoms with Crippen molar-refractivity contribution in [2.45, 2.75) is 64.1 Å². The number of methoxy groups -OCH3 is 1. The molecule has 2 rings (SSSR count). The molecule has 0 radical (unpaired) electrons. The number of nitrogens with one attached hydrogen (secondary N) is 1. The Morgan fingerprint density at radius 1 is 1.55 bits per heavy atom. The van der Waals surface area contributed by atoms with Crippen molar-refractivity contribution < 1.29 is 9.84 Å². The van der Waals surface area contributed by atoms with Gasteiger partial charge in [0.05, 0.1) is 13.3 Å². The largest absolute Gasteiger partial charge is 0.493 e. The molecule has 2 N–H and O–H groups in total. The monoisotopic (exact) mass is 281 g/mol. The average molecular weight is 281 g/mol. The van der Waals surface area contributed by atoms with Crippen molar-refractivity contribution in [2.24, 2.45) is 0 Å². The van der Waals surface area contributed by atoms with E-state index in [1.165, 1.54) is 12.8 Å². The van der Waals surface area contributed by atoms with Gasteiger partial charge in [-0.25, -0.2) is 0 Å². The number of piperidine rings is 1. The molecular weight excluding hydrogens is 254 g/mol. The summed E-state index contributed by atoms with van der Waals surface area (Å²) in [5, 5.41) is 18.8. The van der Waals surface area contributed by atoms with Gasteiger partial charge in [-0.05, 0) is 46.6 Å². The van der Waals surface area contributed by atoms with Crippen LogP contribution in [0.25, 0.3) is 0 Å². The third-order valence-corrected chi connectivity index (χ3v) is 4.04. The van der Waals surface area contributed by atoms with Crippen LogP contribution in [-0.4, -0.2) is 34.6 Å². The molecule has 1 aliphatic heterocycles. The molecule has 0 aromatic carbocycles. The molecule has 1 fully saturated rings. The maximum Gasteiger partial charge on any atom is 0.162 e. The fraction of sp³-hybridized carbons (Fsp3) is 0.800. The molecular formula is C15H27N3O2. The van der Waals surface area contributed by atoms with Crippen molar-refractivity contribution in [3.05, 3.63) is 11.9 Å². The summed E-state index contributed by atoms with van der Waals surface area (Å²) in [6, 6.07) is 0.554. The van der Waals surface area contributed by atoms with Crippen LogP contribution in [0.1, 0.15) is 58.2 Å². The third-order valence-electron chi connectivity index (χ3n) is 4.04. The zero-order chi connectivity index (χ0) is 14.8. The molecule has 114 valence electrons. The number of rotatable bonds is 5. The summed E-state index contributed by atoms with van der Waals surface area (Å²) in [5.41, 5.74) is -0.163. The second kappa shape index (κ2) is 6.14. The Bertz CT molecular complexity index is 434. The lowest BCUT2D eigenvalue weighted by Crippen LogP contribution is -2.40. The molecule has 5 heteroatoms. The third kappa shape index (κ3) is 3.15. The van der Waals surface area contributed by atoms with Gasteiger partial charge in [-0.3, -0.25) is 4.68 Å². The van der Waals surface area contributed by atoms with Gasteiger partial charge in [-0.15, -0.1) is 0 Å². The van der Waals surface area contributed by atoms with E-state index in [1.54, 1.807) is 13.3 Å². The molecule has 1 saturated heterocycles. The smallest absolute Gasteiger partial charge is 0.162 e. The number of nitrogens with zero attached hydrogens (tertiary/aromatic N) is 2. The van der Waals surface area contributed by atoms with E-state index in [0.29, 0.717) is 18.2 Å². The van der Waals surface area contributed by atoms with Crippen molar-refractivity contribution >= 4 is 0 Å². The zero-order valence-electron chi connectivity index (χ0n) is 13.0. The van der Waals surface area contributed by atoms with Crippen molar-refractivity contribution in [3.63, 3.8) is 0 Å². The number of hydrogen-bond donors (Lipinski definition) is 2. The SMILES string of the molecule is COc1cnn(C(C)C)c1C(C)(O)CC1CCCCN1. The molecule has 0 saturated carbocycles. The molecule has 2 atom stereocenters. The fourth-order valence-electron chi connectivity index (χ4n) is 3.07. The molecule has 2 heterocycles. The molecule has 0 aliphatic carbocycles. The van der Waals surface area contributed by atoms with E-state index in [0.717, 1.165) is 18.7 Å². The van der Waals surface area contributed by atoms with E-state index < -0.39 is 5.60 Å². The van der Waals surface area contributed by atoms with Crippen LogP contribution in [0.5, 0.6) is 5.75 Å². The molecule has 1 aromatic heterocycles. The van der Waals surface area contributed by atoms with E-state index in [2.05, 4.69) is 24.3 Å². The standard InChI is InChI=1S/C15H27N3O2/c1-11(2)18-14(13(20-4)10-17-18)15(3,19)9-12-7-5-6-8-16-12/h10-12,16,19H,5-9H2,1-4H3. The quantitative estimate of drug-likeness (QED) is 0.869. The van der Waals surface area contributed by atoms with Gasteiger partial charge in [0.2, 0.25) is 0 Å². The predicted molar refractivity (Wildman–Crippen MR) is 79.0 cm³/mol. The van der Waals surface area contributed by atoms with Crippen LogP contribution in [0.4, 0.5) is 0 Å². The van der Waals surface area contributed by atoms with Crippen LogP contribution in [0.15, 0.2) is 6.20 Å². The van der Waals surface area contributed by atoms with Crippen molar-refractivity contribution in [3.8, 4) is 5.75 Å². The lowest BCUT2D eigenvalue weighted by Gasteiger charge is -2.32. The average Bonchev–Trinajstić information content (AvgIpc) is 2.84. The Kier molecular flexibility index (Phi) is 4.70. The van der Waals surface area contributed by atoms with E-state index in [1.807, 2.05) is 11.6 Å². The van der Waals surface area contributed by atoms with Crippen molar-refractivity contribution in [1.29, 1.82) is 0 Å². The highest BCUT2D eigenvalue weighted by molar-refractivity contribution is 5.31. The van der Waals surface area contributed by atoms with Crippen LogP contribution in [0, 0.1) is 0 Å². The number of ether oxygens (including phenoxy) is 1. The Labute approximate surface area is 121 Å². The summed E-state index contributed by atoms with van der Waals surface area (Å²) in [6.07, 6.45) is 5.95. The molecule has 0 spiro atoms. The van der Waals surface area contributed by atoms with Gasteiger partial charge in [0, 0.05) is 12.1 Å². The normalized spacial score (nSPS) is 22.8. The van der Waals surface area contributed by atoms with Gasteiger partial charge in [-0.2, -0.15) is 5.10 Å². The van der Waals surface area contributed by atoms with E-state index in [-0.39, 0.29) is 6.04 Å². The van der Waals surface area contributed by atoms with Crippen LogP contribution in [0.3, 0.4) is 0 Å². The van der Waals surface area contributed by atoms with E-state index >= 15 is 0 Å². The Morgan fingerprint density at radius 2 is 2.30 bits per heavy atom. The highest BCUT2D eigenvalue weighted by Crippen LogP contribution is 2.35. The number of hydrogen-bond acceptors (Lipinski definition) is 4. The maximum atomic E-state index is 11.0. The molecule has 5 nitrogen and oxygen atoms in total. The fourth-order valence-corrected chi connectivity index (χ4v) is 3.07. The summed E-state index contributed by atoms with van der Waals surface area (Å²) in [7, 11) is 1.63. The first-order valence-electron chi connectivity index (χ1n) is 7.53. The molecule has 1 aliphatic rings. The van der Waals surface area contributed by atoms with Gasteiger partial charge in [0.25, 0.3) is 0 Å². The highest BCUT2D eigenvalue weighted by atomic mass is 16.5. The van der Waals surface area contributed by atoms with E-state index in [4.69, 9.17) is 4.74 Å². The van der Waals surface area contributed by atoms with Crippen LogP contribution in [-0.2, 0) is 5.60 Å². The molecule has 20 heavy (non-hydrogen) atoms. The molecule has 2 unspecified atom stereocenters.